The van der Waals surface area contributed by atoms with Gasteiger partial charge >= 0.3 is 0 Å². The Hall–Kier alpha value is -1.34. The van der Waals surface area contributed by atoms with Gasteiger partial charge in [0.05, 0.1) is 12.2 Å². The molecule has 0 bridgehead atoms. The van der Waals surface area contributed by atoms with Gasteiger partial charge < -0.3 is 5.32 Å². The van der Waals surface area contributed by atoms with E-state index in [1.165, 1.54) is 12.1 Å². The second-order valence-corrected chi connectivity index (χ2v) is 6.06. The highest BCUT2D eigenvalue weighted by Gasteiger charge is 2.15. The number of hydrogen-bond donors (Lipinski definition) is 1. The molecule has 0 amide bonds. The average Bonchev–Trinajstić information content (AvgIpc) is 2.73. The van der Waals surface area contributed by atoms with Crippen molar-refractivity contribution < 1.29 is 4.39 Å². The van der Waals surface area contributed by atoms with Crippen LogP contribution in [0.15, 0.2) is 22.7 Å². The van der Waals surface area contributed by atoms with Gasteiger partial charge in [-0.15, -0.1) is 5.10 Å². The van der Waals surface area contributed by atoms with E-state index in [2.05, 4.69) is 57.5 Å². The smallest absolute Gasteiger partial charge is 0.170 e. The van der Waals surface area contributed by atoms with Crippen molar-refractivity contribution in [3.8, 4) is 5.69 Å². The van der Waals surface area contributed by atoms with Gasteiger partial charge in [-0.05, 0) is 65.3 Å². The normalized spacial score (nSPS) is 11.8. The number of nitrogens with one attached hydrogen (secondary N) is 1. The van der Waals surface area contributed by atoms with E-state index in [0.717, 1.165) is 0 Å². The number of nitrogens with zero attached hydrogens (tertiary/aromatic N) is 4. The van der Waals surface area contributed by atoms with Crippen LogP contribution in [0.5, 0.6) is 0 Å². The molecule has 2 aromatic rings. The van der Waals surface area contributed by atoms with Crippen LogP contribution in [0.3, 0.4) is 0 Å². The minimum Gasteiger partial charge on any atom is -0.305 e. The van der Waals surface area contributed by atoms with Crippen LogP contribution >= 0.6 is 15.9 Å². The third-order valence-corrected chi connectivity index (χ3v) is 3.08. The number of benzene rings is 1. The van der Waals surface area contributed by atoms with E-state index in [9.17, 15) is 4.39 Å². The van der Waals surface area contributed by atoms with Crippen molar-refractivity contribution in [2.24, 2.45) is 0 Å². The maximum Gasteiger partial charge on any atom is 0.170 e. The lowest BCUT2D eigenvalue weighted by Crippen LogP contribution is -2.36. The van der Waals surface area contributed by atoms with Crippen molar-refractivity contribution in [3.05, 3.63) is 34.3 Å². The Labute approximate surface area is 119 Å². The Morgan fingerprint density at radius 2 is 2.11 bits per heavy atom. The summed E-state index contributed by atoms with van der Waals surface area (Å²) in [6.45, 7) is 6.72. The fourth-order valence-electron chi connectivity index (χ4n) is 1.50. The molecule has 0 spiro atoms. The number of aromatic nitrogens is 4. The van der Waals surface area contributed by atoms with E-state index in [0.29, 0.717) is 22.5 Å². The molecular weight excluding hydrogens is 313 g/mol. The van der Waals surface area contributed by atoms with Crippen molar-refractivity contribution in [1.29, 1.82) is 0 Å². The highest BCUT2D eigenvalue weighted by Crippen LogP contribution is 2.22. The molecule has 102 valence electrons. The lowest BCUT2D eigenvalue weighted by atomic mass is 10.1. The molecular formula is C12H15BrFN5. The van der Waals surface area contributed by atoms with Crippen LogP contribution in [-0.2, 0) is 6.54 Å². The SMILES string of the molecule is CC(C)(C)NCc1nnnn1-c1ccc(F)cc1Br. The Morgan fingerprint density at radius 1 is 1.37 bits per heavy atom. The second-order valence-electron chi connectivity index (χ2n) is 5.21. The molecule has 0 unspecified atom stereocenters. The lowest BCUT2D eigenvalue weighted by molar-refractivity contribution is 0.415. The molecule has 1 N–H and O–H groups in total. The standard InChI is InChI=1S/C12H15BrFN5/c1-12(2,3)15-7-11-16-17-18-19(11)10-5-4-8(14)6-9(10)13/h4-6,15H,7H2,1-3H3. The summed E-state index contributed by atoms with van der Waals surface area (Å²) in [6.07, 6.45) is 0. The highest BCUT2D eigenvalue weighted by molar-refractivity contribution is 9.10. The van der Waals surface area contributed by atoms with E-state index in [1.54, 1.807) is 10.7 Å². The molecule has 0 saturated carbocycles. The zero-order chi connectivity index (χ0) is 14.0. The second kappa shape index (κ2) is 5.34. The van der Waals surface area contributed by atoms with Crippen LogP contribution in [0.25, 0.3) is 5.69 Å². The fraction of sp³-hybridized carbons (Fsp3) is 0.417. The lowest BCUT2D eigenvalue weighted by Gasteiger charge is -2.20. The zero-order valence-corrected chi connectivity index (χ0v) is 12.6. The first-order valence-corrected chi connectivity index (χ1v) is 6.64. The van der Waals surface area contributed by atoms with Gasteiger partial charge in [0.15, 0.2) is 5.82 Å². The maximum atomic E-state index is 13.1. The molecule has 5 nitrogen and oxygen atoms in total. The highest BCUT2D eigenvalue weighted by atomic mass is 79.9. The molecule has 2 rings (SSSR count). The van der Waals surface area contributed by atoms with E-state index in [1.807, 2.05) is 0 Å². The third-order valence-electron chi connectivity index (χ3n) is 2.45. The Morgan fingerprint density at radius 3 is 2.74 bits per heavy atom. The largest absolute Gasteiger partial charge is 0.305 e. The number of halogens is 2. The monoisotopic (exact) mass is 327 g/mol. The number of tetrazole rings is 1. The van der Waals surface area contributed by atoms with E-state index in [4.69, 9.17) is 0 Å². The van der Waals surface area contributed by atoms with Gasteiger partial charge in [0.2, 0.25) is 0 Å². The Kier molecular flexibility index (Phi) is 3.96. The molecule has 1 aromatic heterocycles. The molecule has 7 heteroatoms. The molecule has 1 heterocycles. The number of rotatable bonds is 3. The summed E-state index contributed by atoms with van der Waals surface area (Å²) in [7, 11) is 0. The van der Waals surface area contributed by atoms with E-state index >= 15 is 0 Å². The summed E-state index contributed by atoms with van der Waals surface area (Å²) >= 11 is 3.32. The minimum atomic E-state index is -0.307. The van der Waals surface area contributed by atoms with Crippen LogP contribution in [0.4, 0.5) is 4.39 Å². The third kappa shape index (κ3) is 3.57. The molecule has 0 aliphatic rings. The van der Waals surface area contributed by atoms with E-state index < -0.39 is 0 Å². The molecule has 0 atom stereocenters. The summed E-state index contributed by atoms with van der Waals surface area (Å²) in [6, 6.07) is 4.40. The Bertz CT molecular complexity index is 576. The van der Waals surface area contributed by atoms with Crippen LogP contribution in [0.2, 0.25) is 0 Å². The van der Waals surface area contributed by atoms with Crippen molar-refractivity contribution in [2.45, 2.75) is 32.9 Å². The maximum absolute atomic E-state index is 13.1. The first-order chi connectivity index (χ1) is 8.87. The predicted molar refractivity (Wildman–Crippen MR) is 73.4 cm³/mol. The van der Waals surface area contributed by atoms with Gasteiger partial charge in [0.25, 0.3) is 0 Å². The van der Waals surface area contributed by atoms with Crippen molar-refractivity contribution >= 4 is 15.9 Å². The zero-order valence-electron chi connectivity index (χ0n) is 11.0. The number of hydrogen-bond acceptors (Lipinski definition) is 4. The van der Waals surface area contributed by atoms with Crippen LogP contribution < -0.4 is 5.32 Å². The molecule has 0 aliphatic heterocycles. The van der Waals surface area contributed by atoms with Crippen molar-refractivity contribution in [1.82, 2.24) is 25.5 Å². The van der Waals surface area contributed by atoms with Gasteiger partial charge in [-0.1, -0.05) is 0 Å². The molecule has 0 fully saturated rings. The van der Waals surface area contributed by atoms with Crippen LogP contribution in [0.1, 0.15) is 26.6 Å². The van der Waals surface area contributed by atoms with Gasteiger partial charge in [-0.25, -0.2) is 4.39 Å². The summed E-state index contributed by atoms with van der Waals surface area (Å²) in [5.41, 5.74) is 0.675. The van der Waals surface area contributed by atoms with Crippen LogP contribution in [0, 0.1) is 5.82 Å². The van der Waals surface area contributed by atoms with Crippen molar-refractivity contribution in [3.63, 3.8) is 0 Å². The summed E-state index contributed by atoms with van der Waals surface area (Å²) in [5.74, 6) is 0.361. The van der Waals surface area contributed by atoms with Crippen molar-refractivity contribution in [2.75, 3.05) is 0 Å². The molecule has 0 radical (unpaired) electrons. The van der Waals surface area contributed by atoms with E-state index in [-0.39, 0.29) is 11.4 Å². The molecule has 1 aromatic carbocycles. The predicted octanol–water partition coefficient (Wildman–Crippen LogP) is 2.45. The van der Waals surface area contributed by atoms with Gasteiger partial charge in [-0.2, -0.15) is 4.68 Å². The quantitative estimate of drug-likeness (QED) is 0.940. The average molecular weight is 328 g/mol. The van der Waals surface area contributed by atoms with Gasteiger partial charge in [0.1, 0.15) is 5.82 Å². The molecule has 0 saturated heterocycles. The van der Waals surface area contributed by atoms with Gasteiger partial charge in [-0.3, -0.25) is 0 Å². The summed E-state index contributed by atoms with van der Waals surface area (Å²) < 4.78 is 15.3. The van der Waals surface area contributed by atoms with Gasteiger partial charge in [0, 0.05) is 10.0 Å². The summed E-state index contributed by atoms with van der Waals surface area (Å²) in [5, 5.41) is 14.9. The summed E-state index contributed by atoms with van der Waals surface area (Å²) in [4.78, 5) is 0. The molecule has 0 aliphatic carbocycles. The Balaban J connectivity index is 2.28. The minimum absolute atomic E-state index is 0.0309. The first kappa shape index (κ1) is 14.1. The first-order valence-electron chi connectivity index (χ1n) is 5.84. The topological polar surface area (TPSA) is 55.6 Å². The fourth-order valence-corrected chi connectivity index (χ4v) is 2.02. The molecule has 19 heavy (non-hydrogen) atoms. The van der Waals surface area contributed by atoms with Crippen LogP contribution in [-0.4, -0.2) is 25.7 Å².